The van der Waals surface area contributed by atoms with Crippen molar-refractivity contribution in [1.82, 2.24) is 0 Å². The van der Waals surface area contributed by atoms with Crippen LogP contribution in [0.3, 0.4) is 0 Å². The Bertz CT molecular complexity index is 495. The van der Waals surface area contributed by atoms with Crippen molar-refractivity contribution in [2.24, 2.45) is 0 Å². The zero-order chi connectivity index (χ0) is 11.4. The quantitative estimate of drug-likeness (QED) is 0.651. The summed E-state index contributed by atoms with van der Waals surface area (Å²) in [5, 5.41) is 0. The molecule has 0 unspecified atom stereocenters. The van der Waals surface area contributed by atoms with Crippen LogP contribution in [0, 0.1) is 12.7 Å². The number of aryl methyl sites for hydroxylation is 1. The van der Waals surface area contributed by atoms with Crippen LogP contribution in [0.2, 0.25) is 0 Å². The number of hydrogen-bond acceptors (Lipinski definition) is 0. The van der Waals surface area contributed by atoms with E-state index in [0.29, 0.717) is 0 Å². The summed E-state index contributed by atoms with van der Waals surface area (Å²) in [5.41, 5.74) is 3.40. The topological polar surface area (TPSA) is 0 Å². The summed E-state index contributed by atoms with van der Waals surface area (Å²) in [5.74, 6) is -0.201. The summed E-state index contributed by atoms with van der Waals surface area (Å²) in [6, 6.07) is 14.7. The van der Waals surface area contributed by atoms with Gasteiger partial charge in [-0.3, -0.25) is 0 Å². The SMILES string of the molecule is Cc1cccc(C=Cc2ccc(F)cc2)c1. The second-order valence-electron chi connectivity index (χ2n) is 3.80. The fraction of sp³-hybridized carbons (Fsp3) is 0.0667. The zero-order valence-corrected chi connectivity index (χ0v) is 9.15. The van der Waals surface area contributed by atoms with Crippen molar-refractivity contribution < 1.29 is 4.39 Å². The Labute approximate surface area is 95.1 Å². The summed E-state index contributed by atoms with van der Waals surface area (Å²) < 4.78 is 12.7. The molecule has 0 saturated carbocycles. The van der Waals surface area contributed by atoms with Gasteiger partial charge in [0.1, 0.15) is 5.82 Å². The maximum Gasteiger partial charge on any atom is 0.123 e. The van der Waals surface area contributed by atoms with Crippen LogP contribution in [-0.2, 0) is 0 Å². The lowest BCUT2D eigenvalue weighted by molar-refractivity contribution is 0.628. The molecule has 1 heteroatoms. The van der Waals surface area contributed by atoms with E-state index in [1.165, 1.54) is 17.7 Å². The number of hydrogen-bond donors (Lipinski definition) is 0. The van der Waals surface area contributed by atoms with Gasteiger partial charge in [0, 0.05) is 0 Å². The van der Waals surface area contributed by atoms with Crippen molar-refractivity contribution in [3.8, 4) is 0 Å². The molecule has 16 heavy (non-hydrogen) atoms. The van der Waals surface area contributed by atoms with Crippen LogP contribution in [0.5, 0.6) is 0 Å². The highest BCUT2D eigenvalue weighted by Gasteiger charge is 1.90. The third-order valence-corrected chi connectivity index (χ3v) is 2.38. The highest BCUT2D eigenvalue weighted by atomic mass is 19.1. The normalized spacial score (nSPS) is 10.9. The second kappa shape index (κ2) is 4.75. The van der Waals surface area contributed by atoms with Gasteiger partial charge in [-0.15, -0.1) is 0 Å². The Hall–Kier alpha value is -1.89. The third kappa shape index (κ3) is 2.80. The maximum atomic E-state index is 12.7. The fourth-order valence-electron chi connectivity index (χ4n) is 1.54. The van der Waals surface area contributed by atoms with E-state index in [1.54, 1.807) is 12.1 Å². The smallest absolute Gasteiger partial charge is 0.123 e. The molecule has 0 bridgehead atoms. The van der Waals surface area contributed by atoms with Crippen LogP contribution in [-0.4, -0.2) is 0 Å². The molecular formula is C15H13F. The second-order valence-corrected chi connectivity index (χ2v) is 3.80. The van der Waals surface area contributed by atoms with Crippen LogP contribution >= 0.6 is 0 Å². The Morgan fingerprint density at radius 2 is 1.56 bits per heavy atom. The van der Waals surface area contributed by atoms with Gasteiger partial charge in [0.05, 0.1) is 0 Å². The molecule has 2 aromatic carbocycles. The predicted octanol–water partition coefficient (Wildman–Crippen LogP) is 4.30. The molecule has 0 aliphatic carbocycles. The highest BCUT2D eigenvalue weighted by molar-refractivity contribution is 5.69. The Morgan fingerprint density at radius 1 is 0.875 bits per heavy atom. The van der Waals surface area contributed by atoms with Gasteiger partial charge in [-0.05, 0) is 30.2 Å². The van der Waals surface area contributed by atoms with Gasteiger partial charge in [-0.25, -0.2) is 4.39 Å². The van der Waals surface area contributed by atoms with E-state index in [1.807, 2.05) is 24.3 Å². The summed E-state index contributed by atoms with van der Waals surface area (Å²) in [7, 11) is 0. The molecule has 0 N–H and O–H groups in total. The Balaban J connectivity index is 2.18. The van der Waals surface area contributed by atoms with E-state index in [-0.39, 0.29) is 5.82 Å². The van der Waals surface area contributed by atoms with Gasteiger partial charge in [0.15, 0.2) is 0 Å². The van der Waals surface area contributed by atoms with Gasteiger partial charge in [0.2, 0.25) is 0 Å². The highest BCUT2D eigenvalue weighted by Crippen LogP contribution is 2.10. The fourth-order valence-corrected chi connectivity index (χ4v) is 1.54. The van der Waals surface area contributed by atoms with Gasteiger partial charge in [0.25, 0.3) is 0 Å². The molecule has 0 heterocycles. The van der Waals surface area contributed by atoms with Crippen LogP contribution in [0.1, 0.15) is 16.7 Å². The average molecular weight is 212 g/mol. The van der Waals surface area contributed by atoms with E-state index >= 15 is 0 Å². The van der Waals surface area contributed by atoms with Gasteiger partial charge >= 0.3 is 0 Å². The number of rotatable bonds is 2. The molecule has 0 radical (unpaired) electrons. The predicted molar refractivity (Wildman–Crippen MR) is 66.5 cm³/mol. The summed E-state index contributed by atoms with van der Waals surface area (Å²) in [6.07, 6.45) is 4.01. The van der Waals surface area contributed by atoms with E-state index in [0.717, 1.165) is 11.1 Å². The Kier molecular flexibility index (Phi) is 3.16. The van der Waals surface area contributed by atoms with E-state index in [4.69, 9.17) is 0 Å². The molecule has 0 atom stereocenters. The Morgan fingerprint density at radius 3 is 2.25 bits per heavy atom. The molecule has 0 saturated heterocycles. The van der Waals surface area contributed by atoms with Crippen LogP contribution in [0.25, 0.3) is 12.2 Å². The zero-order valence-electron chi connectivity index (χ0n) is 9.15. The summed E-state index contributed by atoms with van der Waals surface area (Å²) in [4.78, 5) is 0. The minimum absolute atomic E-state index is 0.201. The molecule has 0 aromatic heterocycles. The molecule has 0 aliphatic heterocycles. The lowest BCUT2D eigenvalue weighted by atomic mass is 10.1. The first-order valence-electron chi connectivity index (χ1n) is 5.24. The minimum atomic E-state index is -0.201. The van der Waals surface area contributed by atoms with Crippen LogP contribution in [0.4, 0.5) is 4.39 Å². The number of benzene rings is 2. The van der Waals surface area contributed by atoms with Gasteiger partial charge in [-0.1, -0.05) is 54.1 Å². The van der Waals surface area contributed by atoms with Crippen molar-refractivity contribution >= 4 is 12.2 Å². The molecule has 0 spiro atoms. The first-order chi connectivity index (χ1) is 7.74. The average Bonchev–Trinajstić information content (AvgIpc) is 2.28. The third-order valence-electron chi connectivity index (χ3n) is 2.38. The van der Waals surface area contributed by atoms with Crippen molar-refractivity contribution in [2.75, 3.05) is 0 Å². The van der Waals surface area contributed by atoms with Gasteiger partial charge in [-0.2, -0.15) is 0 Å². The first kappa shape index (κ1) is 10.6. The molecular weight excluding hydrogens is 199 g/mol. The van der Waals surface area contributed by atoms with Crippen LogP contribution in [0.15, 0.2) is 48.5 Å². The number of halogens is 1. The molecule has 2 aromatic rings. The lowest BCUT2D eigenvalue weighted by Crippen LogP contribution is -1.76. The van der Waals surface area contributed by atoms with E-state index < -0.39 is 0 Å². The van der Waals surface area contributed by atoms with Gasteiger partial charge < -0.3 is 0 Å². The standard InChI is InChI=1S/C15H13F/c1-12-3-2-4-14(11-12)6-5-13-7-9-15(16)10-8-13/h2-11H,1H3. The molecule has 0 amide bonds. The summed E-state index contributed by atoms with van der Waals surface area (Å²) in [6.45, 7) is 2.06. The lowest BCUT2D eigenvalue weighted by Gasteiger charge is -1.96. The van der Waals surface area contributed by atoms with Crippen molar-refractivity contribution in [3.05, 3.63) is 71.0 Å². The molecule has 0 aliphatic rings. The monoisotopic (exact) mass is 212 g/mol. The van der Waals surface area contributed by atoms with Crippen molar-refractivity contribution in [3.63, 3.8) is 0 Å². The van der Waals surface area contributed by atoms with Crippen molar-refractivity contribution in [2.45, 2.75) is 6.92 Å². The largest absolute Gasteiger partial charge is 0.207 e. The maximum absolute atomic E-state index is 12.7. The molecule has 80 valence electrons. The van der Waals surface area contributed by atoms with E-state index in [2.05, 4.69) is 19.1 Å². The van der Waals surface area contributed by atoms with Crippen LogP contribution < -0.4 is 0 Å². The molecule has 0 nitrogen and oxygen atoms in total. The van der Waals surface area contributed by atoms with E-state index in [9.17, 15) is 4.39 Å². The minimum Gasteiger partial charge on any atom is -0.207 e. The van der Waals surface area contributed by atoms with Crippen molar-refractivity contribution in [1.29, 1.82) is 0 Å². The summed E-state index contributed by atoms with van der Waals surface area (Å²) >= 11 is 0. The first-order valence-corrected chi connectivity index (χ1v) is 5.24. The molecule has 0 fully saturated rings. The molecule has 2 rings (SSSR count).